The zero-order valence-corrected chi connectivity index (χ0v) is 16.9. The Hall–Kier alpha value is -2.82. The van der Waals surface area contributed by atoms with Crippen LogP contribution in [0.2, 0.25) is 5.02 Å². The normalized spacial score (nSPS) is 13.5. The van der Waals surface area contributed by atoms with Crippen LogP contribution >= 0.6 is 11.6 Å². The maximum Gasteiger partial charge on any atom is 0.227 e. The number of benzene rings is 3. The van der Waals surface area contributed by atoms with Crippen molar-refractivity contribution in [3.05, 3.63) is 82.9 Å². The largest absolute Gasteiger partial charge is 0.394 e. The van der Waals surface area contributed by atoms with E-state index in [0.717, 1.165) is 32.9 Å². The molecule has 0 bridgehead atoms. The minimum atomic E-state index is -0.334. The first-order valence-electron chi connectivity index (χ1n) is 9.71. The molecule has 3 aromatic carbocycles. The van der Waals surface area contributed by atoms with Gasteiger partial charge in [0.1, 0.15) is 0 Å². The van der Waals surface area contributed by atoms with E-state index in [9.17, 15) is 9.90 Å². The van der Waals surface area contributed by atoms with Gasteiger partial charge in [0.25, 0.3) is 0 Å². The highest BCUT2D eigenvalue weighted by atomic mass is 35.5. The number of aromatic nitrogens is 1. The van der Waals surface area contributed by atoms with Crippen LogP contribution < -0.4 is 5.32 Å². The van der Waals surface area contributed by atoms with Gasteiger partial charge in [-0.2, -0.15) is 0 Å². The molecule has 0 aliphatic heterocycles. The van der Waals surface area contributed by atoms with Crippen molar-refractivity contribution in [2.45, 2.75) is 25.3 Å². The molecular weight excluding hydrogens is 384 g/mol. The van der Waals surface area contributed by atoms with E-state index in [1.54, 1.807) is 0 Å². The van der Waals surface area contributed by atoms with Gasteiger partial charge >= 0.3 is 0 Å². The van der Waals surface area contributed by atoms with Gasteiger partial charge in [-0.25, -0.2) is 0 Å². The number of hydrogen-bond donors (Lipinski definition) is 3. The van der Waals surface area contributed by atoms with E-state index in [-0.39, 0.29) is 24.5 Å². The third kappa shape index (κ3) is 4.14. The zero-order valence-electron chi connectivity index (χ0n) is 16.2. The molecule has 4 nitrogen and oxygen atoms in total. The number of carbonyl (C=O) groups excluding carboxylic acids is 1. The first-order chi connectivity index (χ1) is 14.0. The molecule has 0 radical (unpaired) electrons. The molecule has 5 heteroatoms. The molecule has 0 fully saturated rings. The number of aromatic amines is 1. The van der Waals surface area contributed by atoms with Crippen molar-refractivity contribution in [1.82, 2.24) is 10.3 Å². The Bertz CT molecular complexity index is 1150. The quantitative estimate of drug-likeness (QED) is 0.430. The molecule has 3 N–H and O–H groups in total. The van der Waals surface area contributed by atoms with Crippen molar-refractivity contribution < 1.29 is 9.90 Å². The molecule has 29 heavy (non-hydrogen) atoms. The Kier molecular flexibility index (Phi) is 5.56. The second-order valence-corrected chi connectivity index (χ2v) is 7.86. The molecule has 1 heterocycles. The van der Waals surface area contributed by atoms with Crippen LogP contribution in [0.1, 0.15) is 24.0 Å². The van der Waals surface area contributed by atoms with E-state index in [4.69, 9.17) is 11.6 Å². The fourth-order valence-electron chi connectivity index (χ4n) is 3.70. The van der Waals surface area contributed by atoms with Gasteiger partial charge in [-0.3, -0.25) is 4.79 Å². The van der Waals surface area contributed by atoms with Gasteiger partial charge in [-0.15, -0.1) is 0 Å². The number of fused-ring (bicyclic) bond motifs is 3. The van der Waals surface area contributed by atoms with Crippen LogP contribution in [-0.2, 0) is 11.2 Å². The van der Waals surface area contributed by atoms with E-state index in [2.05, 4.69) is 10.3 Å². The molecule has 148 valence electrons. The molecule has 0 saturated carbocycles. The van der Waals surface area contributed by atoms with Crippen LogP contribution in [0.4, 0.5) is 0 Å². The van der Waals surface area contributed by atoms with Crippen molar-refractivity contribution in [1.29, 1.82) is 0 Å². The van der Waals surface area contributed by atoms with Gasteiger partial charge in [0.2, 0.25) is 5.91 Å². The van der Waals surface area contributed by atoms with E-state index >= 15 is 0 Å². The Morgan fingerprint density at radius 2 is 1.83 bits per heavy atom. The SMILES string of the molecule is C[C@@H](C(=O)N[C@H](CO)Cc1ccccc1)c1ccc2c(c1)[nH]c1ccc(Cl)cc12. The predicted molar refractivity (Wildman–Crippen MR) is 118 cm³/mol. The Morgan fingerprint density at radius 3 is 2.59 bits per heavy atom. The first kappa shape index (κ1) is 19.5. The Labute approximate surface area is 174 Å². The number of nitrogens with one attached hydrogen (secondary N) is 2. The van der Waals surface area contributed by atoms with E-state index in [1.807, 2.05) is 73.7 Å². The highest BCUT2D eigenvalue weighted by Crippen LogP contribution is 2.30. The number of H-pyrrole nitrogens is 1. The number of aliphatic hydroxyl groups excluding tert-OH is 1. The molecule has 2 atom stereocenters. The molecule has 0 unspecified atom stereocenters. The van der Waals surface area contributed by atoms with E-state index in [1.165, 1.54) is 0 Å². The lowest BCUT2D eigenvalue weighted by Crippen LogP contribution is -2.41. The average Bonchev–Trinajstić information content (AvgIpc) is 3.10. The topological polar surface area (TPSA) is 65.1 Å². The van der Waals surface area contributed by atoms with E-state index < -0.39 is 0 Å². The summed E-state index contributed by atoms with van der Waals surface area (Å²) in [6.45, 7) is 1.78. The summed E-state index contributed by atoms with van der Waals surface area (Å²) in [5.41, 5.74) is 3.99. The van der Waals surface area contributed by atoms with Gasteiger partial charge in [-0.1, -0.05) is 54.1 Å². The van der Waals surface area contributed by atoms with Crippen LogP contribution in [0.25, 0.3) is 21.8 Å². The molecule has 0 spiro atoms. The molecule has 0 aliphatic carbocycles. The van der Waals surface area contributed by atoms with Crippen LogP contribution in [0, 0.1) is 0 Å². The molecule has 0 aliphatic rings. The smallest absolute Gasteiger partial charge is 0.227 e. The molecule has 1 amide bonds. The van der Waals surface area contributed by atoms with Crippen molar-refractivity contribution >= 4 is 39.3 Å². The van der Waals surface area contributed by atoms with Gasteiger partial charge in [0.05, 0.1) is 18.6 Å². The number of aliphatic hydroxyl groups is 1. The summed E-state index contributed by atoms with van der Waals surface area (Å²) in [7, 11) is 0. The second-order valence-electron chi connectivity index (χ2n) is 7.42. The third-order valence-corrected chi connectivity index (χ3v) is 5.60. The Balaban J connectivity index is 1.53. The summed E-state index contributed by atoms with van der Waals surface area (Å²) in [5, 5.41) is 15.5. The number of rotatable bonds is 6. The number of halogens is 1. The van der Waals surface area contributed by atoms with Crippen molar-refractivity contribution in [2.75, 3.05) is 6.61 Å². The first-order valence-corrected chi connectivity index (χ1v) is 10.1. The summed E-state index contributed by atoms with van der Waals surface area (Å²) in [6, 6.07) is 21.3. The van der Waals surface area contributed by atoms with Crippen LogP contribution in [0.5, 0.6) is 0 Å². The van der Waals surface area contributed by atoms with Crippen LogP contribution in [-0.4, -0.2) is 28.6 Å². The minimum absolute atomic E-state index is 0.0986. The number of carbonyl (C=O) groups is 1. The summed E-state index contributed by atoms with van der Waals surface area (Å²) >= 11 is 6.13. The van der Waals surface area contributed by atoms with Gasteiger partial charge in [0, 0.05) is 26.8 Å². The van der Waals surface area contributed by atoms with Crippen molar-refractivity contribution in [3.63, 3.8) is 0 Å². The maximum atomic E-state index is 12.8. The lowest BCUT2D eigenvalue weighted by atomic mass is 9.97. The number of hydrogen-bond acceptors (Lipinski definition) is 2. The third-order valence-electron chi connectivity index (χ3n) is 5.37. The molecule has 0 saturated heterocycles. The molecule has 1 aromatic heterocycles. The van der Waals surface area contributed by atoms with Crippen LogP contribution in [0.3, 0.4) is 0 Å². The van der Waals surface area contributed by atoms with E-state index in [0.29, 0.717) is 11.4 Å². The monoisotopic (exact) mass is 406 g/mol. The summed E-state index contributed by atoms with van der Waals surface area (Å²) in [6.07, 6.45) is 0.595. The minimum Gasteiger partial charge on any atom is -0.394 e. The standard InChI is InChI=1S/C24H23ClN2O2/c1-15(24(29)26-19(14-28)11-16-5-3-2-4-6-16)17-7-9-20-21-13-18(25)8-10-22(21)27-23(20)12-17/h2-10,12-13,15,19,27-28H,11,14H2,1H3,(H,26,29)/t15-,19+/m1/s1. The fraction of sp³-hybridized carbons (Fsp3) is 0.208. The fourth-order valence-corrected chi connectivity index (χ4v) is 3.87. The zero-order chi connectivity index (χ0) is 20.4. The molecule has 4 aromatic rings. The van der Waals surface area contributed by atoms with Gasteiger partial charge in [-0.05, 0) is 48.7 Å². The highest BCUT2D eigenvalue weighted by molar-refractivity contribution is 6.31. The van der Waals surface area contributed by atoms with Crippen molar-refractivity contribution in [3.8, 4) is 0 Å². The maximum absolute atomic E-state index is 12.8. The van der Waals surface area contributed by atoms with Gasteiger partial charge in [0.15, 0.2) is 0 Å². The molecule has 4 rings (SSSR count). The van der Waals surface area contributed by atoms with Gasteiger partial charge < -0.3 is 15.4 Å². The van der Waals surface area contributed by atoms with Crippen LogP contribution in [0.15, 0.2) is 66.7 Å². The highest BCUT2D eigenvalue weighted by Gasteiger charge is 2.20. The predicted octanol–water partition coefficient (Wildman–Crippen LogP) is 4.80. The summed E-state index contributed by atoms with van der Waals surface area (Å²) < 4.78 is 0. The summed E-state index contributed by atoms with van der Waals surface area (Å²) in [4.78, 5) is 16.2. The lowest BCUT2D eigenvalue weighted by Gasteiger charge is -2.20. The second kappa shape index (κ2) is 8.27. The Morgan fingerprint density at radius 1 is 1.03 bits per heavy atom. The lowest BCUT2D eigenvalue weighted by molar-refractivity contribution is -0.123. The summed E-state index contributed by atoms with van der Waals surface area (Å²) in [5.74, 6) is -0.433. The number of amides is 1. The average molecular weight is 407 g/mol. The van der Waals surface area contributed by atoms with Crippen molar-refractivity contribution in [2.24, 2.45) is 0 Å². The molecular formula is C24H23ClN2O2.